The summed E-state index contributed by atoms with van der Waals surface area (Å²) < 4.78 is 0. The van der Waals surface area contributed by atoms with Crippen molar-refractivity contribution in [3.8, 4) is 17.2 Å². The lowest BCUT2D eigenvalue weighted by Crippen LogP contribution is -1.90. The number of rotatable bonds is 2. The molecule has 0 unspecified atom stereocenters. The summed E-state index contributed by atoms with van der Waals surface area (Å²) in [5, 5.41) is 20.9. The highest BCUT2D eigenvalue weighted by Crippen LogP contribution is 2.31. The number of hydrogen-bond acceptors (Lipinski definition) is 2. The number of benzene rings is 3. The first-order valence-corrected chi connectivity index (χ1v) is 6.45. The summed E-state index contributed by atoms with van der Waals surface area (Å²) in [6, 6.07) is 21.8. The zero-order valence-corrected chi connectivity index (χ0v) is 10.9. The normalized spacial score (nSPS) is 10.4. The summed E-state index contributed by atoms with van der Waals surface area (Å²) in [5.74, 6) is 0. The molecule has 0 saturated carbocycles. The Morgan fingerprint density at radius 3 is 2.50 bits per heavy atom. The van der Waals surface area contributed by atoms with Crippen molar-refractivity contribution in [3.05, 3.63) is 71.8 Å². The Labute approximate surface area is 117 Å². The van der Waals surface area contributed by atoms with Crippen LogP contribution >= 0.6 is 0 Å². The van der Waals surface area contributed by atoms with Crippen LogP contribution in [0.4, 0.5) is 0 Å². The minimum atomic E-state index is -0.0243. The number of aliphatic hydroxyl groups excluding tert-OH is 1. The first-order chi connectivity index (χ1) is 9.83. The molecular formula is C18H13NO. The molecule has 3 rings (SSSR count). The zero-order valence-electron chi connectivity index (χ0n) is 10.9. The van der Waals surface area contributed by atoms with Crippen molar-refractivity contribution < 1.29 is 5.11 Å². The van der Waals surface area contributed by atoms with Crippen LogP contribution in [0.5, 0.6) is 0 Å². The van der Waals surface area contributed by atoms with E-state index in [9.17, 15) is 10.4 Å². The van der Waals surface area contributed by atoms with E-state index in [2.05, 4.69) is 24.3 Å². The molecule has 2 nitrogen and oxygen atoms in total. The second-order valence-corrected chi connectivity index (χ2v) is 4.68. The average Bonchev–Trinajstić information content (AvgIpc) is 2.53. The van der Waals surface area contributed by atoms with Gasteiger partial charge in [-0.25, -0.2) is 0 Å². The van der Waals surface area contributed by atoms with E-state index in [0.29, 0.717) is 5.56 Å². The molecule has 3 aromatic rings. The lowest BCUT2D eigenvalue weighted by molar-refractivity contribution is 0.282. The van der Waals surface area contributed by atoms with Crippen molar-refractivity contribution in [1.29, 1.82) is 5.26 Å². The van der Waals surface area contributed by atoms with Crippen molar-refractivity contribution in [2.75, 3.05) is 0 Å². The maximum Gasteiger partial charge on any atom is 0.0998 e. The monoisotopic (exact) mass is 259 g/mol. The quantitative estimate of drug-likeness (QED) is 0.759. The molecule has 3 aromatic carbocycles. The third kappa shape index (κ3) is 2.05. The number of hydrogen-bond donors (Lipinski definition) is 1. The maximum atomic E-state index is 9.30. The number of aliphatic hydroxyl groups is 1. The Morgan fingerprint density at radius 2 is 1.70 bits per heavy atom. The van der Waals surface area contributed by atoms with Gasteiger partial charge in [-0.15, -0.1) is 0 Å². The van der Waals surface area contributed by atoms with Gasteiger partial charge >= 0.3 is 0 Å². The van der Waals surface area contributed by atoms with Gasteiger partial charge in [0.1, 0.15) is 0 Å². The highest BCUT2D eigenvalue weighted by Gasteiger charge is 2.09. The SMILES string of the molecule is N#Cc1ccc(CO)cc1-c1cccc2ccccc12. The molecule has 0 amide bonds. The fourth-order valence-electron chi connectivity index (χ4n) is 2.47. The highest BCUT2D eigenvalue weighted by atomic mass is 16.3. The van der Waals surface area contributed by atoms with E-state index in [-0.39, 0.29) is 6.61 Å². The van der Waals surface area contributed by atoms with Gasteiger partial charge in [-0.05, 0) is 34.0 Å². The van der Waals surface area contributed by atoms with Crippen molar-refractivity contribution in [2.45, 2.75) is 6.61 Å². The Kier molecular flexibility index (Phi) is 3.20. The molecule has 0 bridgehead atoms. The van der Waals surface area contributed by atoms with Crippen LogP contribution in [-0.2, 0) is 6.61 Å². The Balaban J connectivity index is 2.33. The lowest BCUT2D eigenvalue weighted by Gasteiger charge is -2.10. The summed E-state index contributed by atoms with van der Waals surface area (Å²) in [6.45, 7) is -0.0243. The van der Waals surface area contributed by atoms with E-state index in [1.54, 1.807) is 12.1 Å². The predicted octanol–water partition coefficient (Wildman–Crippen LogP) is 3.87. The Bertz CT molecular complexity index is 810. The van der Waals surface area contributed by atoms with Gasteiger partial charge in [-0.2, -0.15) is 5.26 Å². The molecule has 0 aromatic heterocycles. The molecule has 0 radical (unpaired) electrons. The number of fused-ring (bicyclic) bond motifs is 1. The van der Waals surface area contributed by atoms with Crippen LogP contribution in [0.25, 0.3) is 21.9 Å². The molecule has 0 saturated heterocycles. The molecular weight excluding hydrogens is 246 g/mol. The van der Waals surface area contributed by atoms with Gasteiger partial charge in [-0.1, -0.05) is 48.5 Å². The van der Waals surface area contributed by atoms with Gasteiger partial charge in [0.15, 0.2) is 0 Å². The van der Waals surface area contributed by atoms with Crippen LogP contribution < -0.4 is 0 Å². The van der Waals surface area contributed by atoms with Crippen molar-refractivity contribution >= 4 is 10.8 Å². The van der Waals surface area contributed by atoms with Crippen LogP contribution in [0, 0.1) is 11.3 Å². The van der Waals surface area contributed by atoms with Crippen molar-refractivity contribution in [2.24, 2.45) is 0 Å². The third-order valence-corrected chi connectivity index (χ3v) is 3.47. The van der Waals surface area contributed by atoms with E-state index < -0.39 is 0 Å². The van der Waals surface area contributed by atoms with Crippen LogP contribution in [0.2, 0.25) is 0 Å². The van der Waals surface area contributed by atoms with Crippen LogP contribution in [0.3, 0.4) is 0 Å². The Hall–Kier alpha value is -2.63. The summed E-state index contributed by atoms with van der Waals surface area (Å²) in [6.07, 6.45) is 0. The predicted molar refractivity (Wildman–Crippen MR) is 80.0 cm³/mol. The molecule has 20 heavy (non-hydrogen) atoms. The molecule has 0 fully saturated rings. The van der Waals surface area contributed by atoms with Crippen LogP contribution in [0.1, 0.15) is 11.1 Å². The van der Waals surface area contributed by atoms with E-state index in [0.717, 1.165) is 27.5 Å². The average molecular weight is 259 g/mol. The van der Waals surface area contributed by atoms with E-state index in [4.69, 9.17) is 0 Å². The molecule has 0 aliphatic carbocycles. The smallest absolute Gasteiger partial charge is 0.0998 e. The largest absolute Gasteiger partial charge is 0.392 e. The fourth-order valence-corrected chi connectivity index (χ4v) is 2.47. The molecule has 0 atom stereocenters. The summed E-state index contributed by atoms with van der Waals surface area (Å²) in [7, 11) is 0. The lowest BCUT2D eigenvalue weighted by atomic mass is 9.93. The maximum absolute atomic E-state index is 9.30. The van der Waals surface area contributed by atoms with Gasteiger partial charge in [0.25, 0.3) is 0 Å². The van der Waals surface area contributed by atoms with E-state index >= 15 is 0 Å². The van der Waals surface area contributed by atoms with Gasteiger partial charge in [0.2, 0.25) is 0 Å². The Morgan fingerprint density at radius 1 is 0.900 bits per heavy atom. The first kappa shape index (κ1) is 12.4. The second-order valence-electron chi connectivity index (χ2n) is 4.68. The van der Waals surface area contributed by atoms with E-state index in [1.165, 1.54) is 0 Å². The van der Waals surface area contributed by atoms with E-state index in [1.807, 2.05) is 30.3 Å². The number of nitriles is 1. The van der Waals surface area contributed by atoms with Crippen LogP contribution in [-0.4, -0.2) is 5.11 Å². The minimum Gasteiger partial charge on any atom is -0.392 e. The topological polar surface area (TPSA) is 44.0 Å². The van der Waals surface area contributed by atoms with Gasteiger partial charge < -0.3 is 5.11 Å². The van der Waals surface area contributed by atoms with Crippen molar-refractivity contribution in [1.82, 2.24) is 0 Å². The van der Waals surface area contributed by atoms with Crippen LogP contribution in [0.15, 0.2) is 60.7 Å². The second kappa shape index (κ2) is 5.16. The molecule has 0 aliphatic rings. The van der Waals surface area contributed by atoms with Gasteiger partial charge in [0, 0.05) is 5.56 Å². The van der Waals surface area contributed by atoms with Crippen molar-refractivity contribution in [3.63, 3.8) is 0 Å². The first-order valence-electron chi connectivity index (χ1n) is 6.45. The molecule has 1 N–H and O–H groups in total. The standard InChI is InChI=1S/C18H13NO/c19-11-15-9-8-13(12-20)10-18(15)17-7-3-5-14-4-1-2-6-16(14)17/h1-10,20H,12H2. The summed E-state index contributed by atoms with van der Waals surface area (Å²) in [5.41, 5.74) is 3.33. The fraction of sp³-hybridized carbons (Fsp3) is 0.0556. The molecule has 0 aliphatic heterocycles. The third-order valence-electron chi connectivity index (χ3n) is 3.47. The summed E-state index contributed by atoms with van der Waals surface area (Å²) in [4.78, 5) is 0. The molecule has 0 heterocycles. The molecule has 96 valence electrons. The van der Waals surface area contributed by atoms with Gasteiger partial charge in [0.05, 0.1) is 18.2 Å². The molecule has 2 heteroatoms. The zero-order chi connectivity index (χ0) is 13.9. The summed E-state index contributed by atoms with van der Waals surface area (Å²) >= 11 is 0. The number of nitrogens with zero attached hydrogens (tertiary/aromatic N) is 1. The van der Waals surface area contributed by atoms with Gasteiger partial charge in [-0.3, -0.25) is 0 Å². The molecule has 0 spiro atoms. The highest BCUT2D eigenvalue weighted by molar-refractivity contribution is 5.97. The minimum absolute atomic E-state index is 0.0243.